The number of rotatable bonds is 11. The number of aliphatic hydroxyl groups is 1. The van der Waals surface area contributed by atoms with Gasteiger partial charge in [-0.2, -0.15) is 0 Å². The lowest BCUT2D eigenvalue weighted by Gasteiger charge is -2.39. The molecule has 4 aliphatic heterocycles. The van der Waals surface area contributed by atoms with Crippen LogP contribution in [0.5, 0.6) is 5.75 Å². The predicted octanol–water partition coefficient (Wildman–Crippen LogP) is 5.33. The van der Waals surface area contributed by atoms with Gasteiger partial charge in [0.2, 0.25) is 11.8 Å². The molecule has 1 unspecified atom stereocenters. The average molecular weight is 833 g/mol. The maximum absolute atomic E-state index is 15.4. The Kier molecular flexibility index (Phi) is 10.6. The third-order valence-corrected chi connectivity index (χ3v) is 17.4. The lowest BCUT2D eigenvalue weighted by Crippen LogP contribution is -2.54. The van der Waals surface area contributed by atoms with Crippen molar-refractivity contribution in [3.05, 3.63) is 123 Å². The Bertz CT molecular complexity index is 2370. The molecule has 0 bridgehead atoms. The number of benzene rings is 4. The van der Waals surface area contributed by atoms with Crippen LogP contribution in [0.4, 0.5) is 17.1 Å². The molecule has 4 aliphatic rings. The smallest absolute Gasteiger partial charge is 0.304 e. The lowest BCUT2D eigenvalue weighted by molar-refractivity contribution is -0.385. The van der Waals surface area contributed by atoms with Gasteiger partial charge in [-0.3, -0.25) is 34.2 Å². The van der Waals surface area contributed by atoms with Gasteiger partial charge < -0.3 is 29.1 Å². The summed E-state index contributed by atoms with van der Waals surface area (Å²) in [5, 5.41) is 23.8. The zero-order valence-electron chi connectivity index (χ0n) is 34.2. The van der Waals surface area contributed by atoms with E-state index < -0.39 is 48.9 Å². The van der Waals surface area contributed by atoms with Crippen molar-refractivity contribution in [2.24, 2.45) is 5.92 Å². The molecule has 4 heterocycles. The first-order valence-electron chi connectivity index (χ1n) is 20.2. The van der Waals surface area contributed by atoms with Gasteiger partial charge in [0, 0.05) is 42.8 Å². The number of fused-ring (bicyclic) bond motifs is 3. The van der Waals surface area contributed by atoms with Crippen LogP contribution >= 0.6 is 0 Å². The predicted molar refractivity (Wildman–Crippen MR) is 224 cm³/mol. The van der Waals surface area contributed by atoms with E-state index >= 15 is 4.79 Å². The van der Waals surface area contributed by atoms with Crippen LogP contribution in [0.2, 0.25) is 18.6 Å². The van der Waals surface area contributed by atoms with Crippen molar-refractivity contribution in [2.75, 3.05) is 23.5 Å². The Labute approximate surface area is 348 Å². The van der Waals surface area contributed by atoms with Crippen LogP contribution in [0.1, 0.15) is 48.9 Å². The van der Waals surface area contributed by atoms with Crippen molar-refractivity contribution in [1.29, 1.82) is 0 Å². The van der Waals surface area contributed by atoms with Gasteiger partial charge in [-0.05, 0) is 59.0 Å². The van der Waals surface area contributed by atoms with E-state index in [9.17, 15) is 29.6 Å². The number of nitrogens with zero attached hydrogens (tertiary/aromatic N) is 4. The standard InChI is InChI=1S/C45H48N4O10Si/c1-27-43(60(4,5)36-17-15-35(57-3)16-18-36)39(22-40(52)46-25-31-9-7-6-8-30(31)20-34(46)26-50)59-45(27)37-21-33(49(55)56)14-19-38(37)47(44(45)54)24-29-10-12-32(13-11-29)48-41(53)23-42(48)58-28(2)51/h6-19,21,27,34,39,42-43,50H,20,22-26H2,1-5H3/t27-,34-,39+,42?,43-,45+/m0/s1. The average Bonchev–Trinajstić information content (AvgIpc) is 3.65. The lowest BCUT2D eigenvalue weighted by atomic mass is 9.82. The quantitative estimate of drug-likeness (QED) is 0.0686. The molecule has 312 valence electrons. The summed E-state index contributed by atoms with van der Waals surface area (Å²) in [5.74, 6) is -1.12. The van der Waals surface area contributed by atoms with E-state index in [4.69, 9.17) is 14.2 Å². The van der Waals surface area contributed by atoms with Crippen LogP contribution in [0.25, 0.3) is 0 Å². The number of hydrogen-bond donors (Lipinski definition) is 1. The van der Waals surface area contributed by atoms with Crippen LogP contribution in [-0.4, -0.2) is 78.8 Å². The Hall–Kier alpha value is -5.90. The second-order valence-corrected chi connectivity index (χ2v) is 21.4. The summed E-state index contributed by atoms with van der Waals surface area (Å²) in [6.45, 7) is 7.85. The zero-order chi connectivity index (χ0) is 42.7. The molecule has 2 fully saturated rings. The molecule has 2 saturated heterocycles. The van der Waals surface area contributed by atoms with E-state index in [1.807, 2.05) is 55.5 Å². The van der Waals surface area contributed by atoms with Gasteiger partial charge in [0.15, 0.2) is 11.8 Å². The van der Waals surface area contributed by atoms with Crippen molar-refractivity contribution >= 4 is 54.0 Å². The van der Waals surface area contributed by atoms with E-state index in [1.54, 1.807) is 47.2 Å². The Morgan fingerprint density at radius 1 is 0.983 bits per heavy atom. The Morgan fingerprint density at radius 2 is 1.68 bits per heavy atom. The van der Waals surface area contributed by atoms with Crippen molar-refractivity contribution in [2.45, 2.75) is 88.8 Å². The normalized spacial score (nSPS) is 24.6. The summed E-state index contributed by atoms with van der Waals surface area (Å²) in [5.41, 5.74) is 2.01. The van der Waals surface area contributed by atoms with Crippen molar-refractivity contribution in [1.82, 2.24) is 4.90 Å². The van der Waals surface area contributed by atoms with Crippen LogP contribution in [-0.2, 0) is 53.8 Å². The van der Waals surface area contributed by atoms with Gasteiger partial charge >= 0.3 is 5.97 Å². The second kappa shape index (κ2) is 15.6. The molecule has 4 aromatic carbocycles. The van der Waals surface area contributed by atoms with Gasteiger partial charge in [-0.15, -0.1) is 0 Å². The highest BCUT2D eigenvalue weighted by Crippen LogP contribution is 2.60. The SMILES string of the molecule is COc1ccc([Si](C)(C)[C@@H]2[C@@H](CC(=O)N3Cc4ccccc4C[C@H]3CO)O[C@]3(C(=O)N(Cc4ccc(N5C(=O)CC5OC(C)=O)cc4)c4ccc([N+](=O)[O-])cc43)[C@H]2C)cc1. The third kappa shape index (κ3) is 6.83. The maximum atomic E-state index is 15.4. The molecule has 60 heavy (non-hydrogen) atoms. The molecule has 0 saturated carbocycles. The minimum absolute atomic E-state index is 0.0649. The summed E-state index contributed by atoms with van der Waals surface area (Å²) in [6.07, 6.45) is -0.922. The monoisotopic (exact) mass is 832 g/mol. The fourth-order valence-corrected chi connectivity index (χ4v) is 14.0. The molecule has 0 aliphatic carbocycles. The topological polar surface area (TPSA) is 169 Å². The molecule has 1 spiro atoms. The number of ether oxygens (including phenoxy) is 3. The minimum Gasteiger partial charge on any atom is -0.497 e. The van der Waals surface area contributed by atoms with E-state index in [0.29, 0.717) is 41.2 Å². The highest BCUT2D eigenvalue weighted by molar-refractivity contribution is 6.91. The van der Waals surface area contributed by atoms with Gasteiger partial charge in [0.1, 0.15) is 5.75 Å². The minimum atomic E-state index is -2.69. The molecule has 3 amide bonds. The van der Waals surface area contributed by atoms with E-state index in [0.717, 1.165) is 16.3 Å². The van der Waals surface area contributed by atoms with Crippen molar-refractivity contribution in [3.63, 3.8) is 0 Å². The molecule has 6 atom stereocenters. The van der Waals surface area contributed by atoms with Gasteiger partial charge in [0.05, 0.1) is 63.9 Å². The number of non-ortho nitro benzene ring substituents is 1. The van der Waals surface area contributed by atoms with Crippen LogP contribution in [0, 0.1) is 16.0 Å². The number of aliphatic hydroxyl groups excluding tert-OH is 1. The fourth-order valence-electron chi connectivity index (χ4n) is 10.0. The van der Waals surface area contributed by atoms with Crippen LogP contribution in [0.15, 0.2) is 91.0 Å². The number of hydrogen-bond acceptors (Lipinski definition) is 10. The fraction of sp³-hybridized carbons (Fsp3) is 0.378. The number of amides is 3. The number of nitro benzene ring substituents is 1. The molecule has 1 N–H and O–H groups in total. The van der Waals surface area contributed by atoms with Crippen LogP contribution < -0.4 is 19.7 Å². The molecule has 4 aromatic rings. The maximum Gasteiger partial charge on any atom is 0.304 e. The molecule has 15 heteroatoms. The summed E-state index contributed by atoms with van der Waals surface area (Å²) in [6, 6.07) is 26.7. The third-order valence-electron chi connectivity index (χ3n) is 13.1. The summed E-state index contributed by atoms with van der Waals surface area (Å²) in [7, 11) is -1.09. The number of anilines is 2. The number of esters is 1. The van der Waals surface area contributed by atoms with Gasteiger partial charge in [-0.1, -0.05) is 73.7 Å². The van der Waals surface area contributed by atoms with E-state index in [1.165, 1.54) is 24.0 Å². The highest BCUT2D eigenvalue weighted by atomic mass is 28.3. The molecule has 0 aromatic heterocycles. The number of nitro groups is 1. The Balaban J connectivity index is 1.17. The van der Waals surface area contributed by atoms with Crippen molar-refractivity contribution < 1.29 is 43.4 Å². The number of methoxy groups -OCH3 is 1. The first kappa shape index (κ1) is 40.9. The van der Waals surface area contributed by atoms with Crippen LogP contribution in [0.3, 0.4) is 0 Å². The first-order valence-corrected chi connectivity index (χ1v) is 23.2. The first-order chi connectivity index (χ1) is 28.7. The molecular formula is C45H48N4O10Si. The van der Waals surface area contributed by atoms with E-state index in [2.05, 4.69) is 13.1 Å². The van der Waals surface area contributed by atoms with E-state index in [-0.39, 0.29) is 54.9 Å². The largest absolute Gasteiger partial charge is 0.497 e. The second-order valence-electron chi connectivity index (χ2n) is 16.7. The zero-order valence-corrected chi connectivity index (χ0v) is 35.2. The summed E-state index contributed by atoms with van der Waals surface area (Å²) >= 11 is 0. The highest BCUT2D eigenvalue weighted by Gasteiger charge is 2.67. The van der Waals surface area contributed by atoms with Crippen molar-refractivity contribution in [3.8, 4) is 5.75 Å². The molecule has 8 rings (SSSR count). The number of β-lactam (4-membered cyclic amide) rings is 1. The number of carbonyl (C=O) groups excluding carboxylic acids is 4. The van der Waals surface area contributed by atoms with Gasteiger partial charge in [0.25, 0.3) is 11.6 Å². The molecular weight excluding hydrogens is 785 g/mol. The molecule has 14 nitrogen and oxygen atoms in total. The summed E-state index contributed by atoms with van der Waals surface area (Å²) < 4.78 is 17.9. The number of carbonyl (C=O) groups is 4. The Morgan fingerprint density at radius 3 is 2.32 bits per heavy atom. The van der Waals surface area contributed by atoms with Gasteiger partial charge in [-0.25, -0.2) is 0 Å². The molecule has 0 radical (unpaired) electrons. The summed E-state index contributed by atoms with van der Waals surface area (Å²) in [4.78, 5) is 70.6.